The van der Waals surface area contributed by atoms with Gasteiger partial charge in [0.15, 0.2) is 0 Å². The smallest absolute Gasteiger partial charge is 0.260 e. The lowest BCUT2D eigenvalue weighted by Gasteiger charge is -2.35. The maximum Gasteiger partial charge on any atom is 0.260 e. The summed E-state index contributed by atoms with van der Waals surface area (Å²) >= 11 is 0. The highest BCUT2D eigenvalue weighted by atomic mass is 16.5. The normalized spacial score (nSPS) is 17.4. The first kappa shape index (κ1) is 20.6. The molecule has 2 nitrogen and oxygen atoms in total. The SMILES string of the molecule is [2H]c1cc2c3c(c1)Oc1c(ccc4c1-c1ccc5c(c1C4(C)C)CCC5)B3c1cc(C(C)(C)C)ccc1O2. The molecule has 2 heterocycles. The van der Waals surface area contributed by atoms with Crippen LogP contribution in [0.3, 0.4) is 0 Å². The van der Waals surface area contributed by atoms with Gasteiger partial charge in [0.2, 0.25) is 0 Å². The third kappa shape index (κ3) is 2.73. The topological polar surface area (TPSA) is 18.5 Å². The largest absolute Gasteiger partial charge is 0.458 e. The Balaban J connectivity index is 1.43. The van der Waals surface area contributed by atoms with Gasteiger partial charge in [-0.05, 0) is 87.2 Å². The summed E-state index contributed by atoms with van der Waals surface area (Å²) in [7, 11) is 0. The van der Waals surface area contributed by atoms with Crippen LogP contribution in [0.4, 0.5) is 0 Å². The van der Waals surface area contributed by atoms with Crippen LogP contribution in [0.1, 0.15) is 70.2 Å². The second-order valence-electron chi connectivity index (χ2n) is 12.7. The Hall–Kier alpha value is -3.46. The van der Waals surface area contributed by atoms with Gasteiger partial charge in [0, 0.05) is 16.4 Å². The highest BCUT2D eigenvalue weighted by Crippen LogP contribution is 2.55. The van der Waals surface area contributed by atoms with Gasteiger partial charge in [0.1, 0.15) is 23.0 Å². The molecule has 37 heavy (non-hydrogen) atoms. The quantitative estimate of drug-likeness (QED) is 0.230. The van der Waals surface area contributed by atoms with Crippen LogP contribution in [-0.4, -0.2) is 6.71 Å². The zero-order valence-corrected chi connectivity index (χ0v) is 22.2. The number of rotatable bonds is 0. The number of aryl methyl sites for hydroxylation is 1. The average Bonchev–Trinajstić information content (AvgIpc) is 3.43. The first-order chi connectivity index (χ1) is 18.1. The molecule has 2 aliphatic carbocycles. The molecule has 0 radical (unpaired) electrons. The maximum atomic E-state index is 8.51. The van der Waals surface area contributed by atoms with Gasteiger partial charge in [-0.1, -0.05) is 77.1 Å². The molecule has 0 unspecified atom stereocenters. The number of benzene rings is 4. The molecule has 8 rings (SSSR count). The standard InChI is InChI=1S/C34H31BO2/c1-33(2,3)20-13-17-26-25(18-20)35-24-16-15-23-29(32(24)37-28-11-7-10-27(36-26)31(28)35)22-14-12-19-8-6-9-21(19)30(22)34(23,4)5/h7,10-18H,6,8-9H2,1-5H3/i7D. The Bertz CT molecular complexity index is 1730. The highest BCUT2D eigenvalue weighted by molar-refractivity contribution is 6.98. The number of fused-ring (bicyclic) bond motifs is 10. The Kier molecular flexibility index (Phi) is 3.83. The minimum atomic E-state index is -0.0750. The van der Waals surface area contributed by atoms with E-state index >= 15 is 0 Å². The minimum absolute atomic E-state index is 0.00212. The fourth-order valence-corrected chi connectivity index (χ4v) is 7.41. The van der Waals surface area contributed by atoms with Crippen LogP contribution >= 0.6 is 0 Å². The van der Waals surface area contributed by atoms with E-state index in [4.69, 9.17) is 10.8 Å². The van der Waals surface area contributed by atoms with E-state index in [0.717, 1.165) is 34.9 Å². The van der Waals surface area contributed by atoms with Crippen LogP contribution in [0.5, 0.6) is 23.0 Å². The number of hydrogen-bond donors (Lipinski definition) is 0. The Morgan fingerprint density at radius 3 is 2.49 bits per heavy atom. The molecule has 0 saturated carbocycles. The zero-order chi connectivity index (χ0) is 26.1. The monoisotopic (exact) mass is 483 g/mol. The van der Waals surface area contributed by atoms with E-state index in [-0.39, 0.29) is 17.5 Å². The van der Waals surface area contributed by atoms with Gasteiger partial charge in [0.05, 0.1) is 1.37 Å². The molecule has 2 aliphatic heterocycles. The second-order valence-corrected chi connectivity index (χ2v) is 12.7. The van der Waals surface area contributed by atoms with Crippen LogP contribution in [0, 0.1) is 0 Å². The summed E-state index contributed by atoms with van der Waals surface area (Å²) in [5, 5.41) is 0. The highest BCUT2D eigenvalue weighted by Gasteiger charge is 2.46. The van der Waals surface area contributed by atoms with Crippen molar-refractivity contribution in [2.24, 2.45) is 0 Å². The van der Waals surface area contributed by atoms with E-state index in [1.54, 1.807) is 5.56 Å². The minimum Gasteiger partial charge on any atom is -0.458 e. The van der Waals surface area contributed by atoms with Crippen molar-refractivity contribution in [3.8, 4) is 34.1 Å². The molecule has 0 N–H and O–H groups in total. The van der Waals surface area contributed by atoms with Crippen LogP contribution in [0.25, 0.3) is 11.1 Å². The van der Waals surface area contributed by atoms with Gasteiger partial charge in [-0.15, -0.1) is 0 Å². The molecular formula is C34H31BO2. The molecule has 4 aliphatic rings. The lowest BCUT2D eigenvalue weighted by Crippen LogP contribution is -2.57. The molecule has 0 atom stereocenters. The van der Waals surface area contributed by atoms with Gasteiger partial charge < -0.3 is 9.47 Å². The summed E-state index contributed by atoms with van der Waals surface area (Å²) in [4.78, 5) is 0. The first-order valence-electron chi connectivity index (χ1n) is 14.1. The van der Waals surface area contributed by atoms with E-state index < -0.39 is 0 Å². The lowest BCUT2D eigenvalue weighted by molar-refractivity contribution is 0.464. The summed E-state index contributed by atoms with van der Waals surface area (Å²) in [6, 6.07) is 20.1. The van der Waals surface area contributed by atoms with E-state index in [1.165, 1.54) is 57.1 Å². The zero-order valence-electron chi connectivity index (χ0n) is 23.2. The van der Waals surface area contributed by atoms with Gasteiger partial charge in [-0.25, -0.2) is 0 Å². The van der Waals surface area contributed by atoms with E-state index in [1.807, 2.05) is 12.1 Å². The van der Waals surface area contributed by atoms with E-state index in [2.05, 4.69) is 77.1 Å². The van der Waals surface area contributed by atoms with Crippen molar-refractivity contribution in [2.75, 3.05) is 0 Å². The molecule has 182 valence electrons. The summed E-state index contributed by atoms with van der Waals surface area (Å²) < 4.78 is 21.8. The molecule has 4 aromatic carbocycles. The second kappa shape index (κ2) is 6.89. The summed E-state index contributed by atoms with van der Waals surface area (Å²) in [5.74, 6) is 3.31. The van der Waals surface area contributed by atoms with Crippen molar-refractivity contribution in [2.45, 2.75) is 64.7 Å². The van der Waals surface area contributed by atoms with Crippen molar-refractivity contribution in [1.82, 2.24) is 0 Å². The third-order valence-corrected chi connectivity index (χ3v) is 9.22. The Morgan fingerprint density at radius 2 is 1.68 bits per heavy atom. The molecular weight excluding hydrogens is 451 g/mol. The third-order valence-electron chi connectivity index (χ3n) is 9.22. The van der Waals surface area contributed by atoms with Crippen LogP contribution in [0.15, 0.2) is 60.6 Å². The van der Waals surface area contributed by atoms with E-state index in [9.17, 15) is 0 Å². The predicted molar refractivity (Wildman–Crippen MR) is 152 cm³/mol. The van der Waals surface area contributed by atoms with Crippen molar-refractivity contribution in [1.29, 1.82) is 0 Å². The predicted octanol–water partition coefficient (Wildman–Crippen LogP) is 6.51. The molecule has 0 fully saturated rings. The summed E-state index contributed by atoms with van der Waals surface area (Å²) in [6.07, 6.45) is 3.58. The van der Waals surface area contributed by atoms with Crippen LogP contribution < -0.4 is 25.9 Å². The Labute approximate surface area is 221 Å². The van der Waals surface area contributed by atoms with Crippen molar-refractivity contribution in [3.63, 3.8) is 0 Å². The van der Waals surface area contributed by atoms with Crippen molar-refractivity contribution < 1.29 is 10.8 Å². The molecule has 4 aromatic rings. The van der Waals surface area contributed by atoms with Gasteiger partial charge in [0.25, 0.3) is 6.71 Å². The fraction of sp³-hybridized carbons (Fsp3) is 0.294. The van der Waals surface area contributed by atoms with Gasteiger partial charge >= 0.3 is 0 Å². The molecule has 0 amide bonds. The average molecular weight is 483 g/mol. The fourth-order valence-electron chi connectivity index (χ4n) is 7.41. The molecule has 0 aromatic heterocycles. The van der Waals surface area contributed by atoms with Crippen molar-refractivity contribution >= 4 is 23.1 Å². The summed E-state index contributed by atoms with van der Waals surface area (Å²) in [6.45, 7) is 11.5. The maximum absolute atomic E-state index is 8.51. The Morgan fingerprint density at radius 1 is 0.865 bits per heavy atom. The van der Waals surface area contributed by atoms with Gasteiger partial charge in [-0.3, -0.25) is 0 Å². The number of ether oxygens (including phenoxy) is 2. The van der Waals surface area contributed by atoms with E-state index in [0.29, 0.717) is 6.04 Å². The van der Waals surface area contributed by atoms with Gasteiger partial charge in [-0.2, -0.15) is 0 Å². The number of hydrogen-bond acceptors (Lipinski definition) is 2. The molecule has 0 spiro atoms. The first-order valence-corrected chi connectivity index (χ1v) is 13.6. The van der Waals surface area contributed by atoms with Crippen LogP contribution in [-0.2, 0) is 23.7 Å². The lowest BCUT2D eigenvalue weighted by atomic mass is 9.34. The molecule has 0 bridgehead atoms. The molecule has 0 saturated heterocycles. The summed E-state index contributed by atoms with van der Waals surface area (Å²) in [5.41, 5.74) is 13.1. The van der Waals surface area contributed by atoms with Crippen LogP contribution in [0.2, 0.25) is 0 Å². The molecule has 3 heteroatoms. The van der Waals surface area contributed by atoms with Crippen molar-refractivity contribution in [3.05, 3.63) is 88.5 Å².